The fourth-order valence-corrected chi connectivity index (χ4v) is 2.77. The van der Waals surface area contributed by atoms with E-state index in [4.69, 9.17) is 33.2 Å². The summed E-state index contributed by atoms with van der Waals surface area (Å²) >= 11 is 0. The van der Waals surface area contributed by atoms with Gasteiger partial charge in [-0.3, -0.25) is 0 Å². The van der Waals surface area contributed by atoms with Gasteiger partial charge in [0, 0.05) is 27.1 Å². The van der Waals surface area contributed by atoms with Gasteiger partial charge in [-0.25, -0.2) is 0 Å². The molecule has 0 N–H and O–H groups in total. The Labute approximate surface area is 177 Å². The molecule has 7 heteroatoms. The normalized spacial score (nSPS) is 15.2. The molecule has 0 spiro atoms. The number of rotatable bonds is 18. The van der Waals surface area contributed by atoms with Crippen LogP contribution in [0.5, 0.6) is 0 Å². The molecule has 0 radical (unpaired) electrons. The first kappa shape index (κ1) is 27.6. The van der Waals surface area contributed by atoms with Crippen LogP contribution in [-0.2, 0) is 33.2 Å². The molecule has 2 atom stereocenters. The predicted octanol–water partition coefficient (Wildman–Crippen LogP) is 5.12. The lowest BCUT2D eigenvalue weighted by molar-refractivity contribution is -0.226. The Morgan fingerprint density at radius 2 is 0.897 bits per heavy atom. The topological polar surface area (TPSA) is 64.6 Å². The second-order valence-corrected chi connectivity index (χ2v) is 6.08. The van der Waals surface area contributed by atoms with Crippen LogP contribution in [0, 0.1) is 0 Å². The average molecular weight is 419 g/mol. The molecule has 0 heterocycles. The van der Waals surface area contributed by atoms with Crippen molar-refractivity contribution < 1.29 is 33.2 Å². The van der Waals surface area contributed by atoms with E-state index in [0.29, 0.717) is 37.9 Å². The summed E-state index contributed by atoms with van der Waals surface area (Å²) in [5.74, 6) is 2.48. The lowest BCUT2D eigenvalue weighted by atomic mass is 10.2. The summed E-state index contributed by atoms with van der Waals surface area (Å²) in [7, 11) is 3.12. The Kier molecular flexibility index (Phi) is 16.6. The van der Waals surface area contributed by atoms with Gasteiger partial charge in [0.05, 0.1) is 26.4 Å². The third kappa shape index (κ3) is 9.74. The van der Waals surface area contributed by atoms with Crippen LogP contribution in [0.3, 0.4) is 0 Å². The van der Waals surface area contributed by atoms with E-state index in [2.05, 4.69) is 13.8 Å². The number of hydrogen-bond acceptors (Lipinski definition) is 7. The molecular formula is C22H42O7. The van der Waals surface area contributed by atoms with Gasteiger partial charge in [0.1, 0.15) is 11.5 Å². The zero-order valence-electron chi connectivity index (χ0n) is 19.7. The maximum absolute atomic E-state index is 6.16. The Bertz CT molecular complexity index is 416. The molecule has 0 aromatic heterocycles. The number of allylic oxidation sites excluding steroid dienone is 2. The van der Waals surface area contributed by atoms with Gasteiger partial charge in [-0.2, -0.15) is 0 Å². The van der Waals surface area contributed by atoms with Gasteiger partial charge < -0.3 is 33.2 Å². The average Bonchev–Trinajstić information content (AvgIpc) is 2.72. The van der Waals surface area contributed by atoms with Crippen molar-refractivity contribution in [3.63, 3.8) is 0 Å². The summed E-state index contributed by atoms with van der Waals surface area (Å²) in [5.41, 5.74) is 0. The molecule has 0 aliphatic carbocycles. The van der Waals surface area contributed by atoms with Crippen LogP contribution in [0.25, 0.3) is 0 Å². The van der Waals surface area contributed by atoms with E-state index < -0.39 is 12.6 Å². The fraction of sp³-hybridized carbons (Fsp3) is 0.818. The van der Waals surface area contributed by atoms with Crippen molar-refractivity contribution in [3.8, 4) is 0 Å². The number of hydrogen-bond donors (Lipinski definition) is 0. The van der Waals surface area contributed by atoms with Gasteiger partial charge >= 0.3 is 0 Å². The van der Waals surface area contributed by atoms with Gasteiger partial charge in [-0.05, 0) is 40.5 Å². The summed E-state index contributed by atoms with van der Waals surface area (Å²) in [4.78, 5) is 0. The molecule has 0 aliphatic rings. The van der Waals surface area contributed by atoms with Crippen LogP contribution in [0.2, 0.25) is 0 Å². The number of ether oxygens (including phenoxy) is 7. The minimum atomic E-state index is -0.812. The highest BCUT2D eigenvalue weighted by Gasteiger charge is 2.30. The van der Waals surface area contributed by atoms with Gasteiger partial charge in [0.2, 0.25) is 12.6 Å². The van der Waals surface area contributed by atoms with Crippen molar-refractivity contribution >= 4 is 0 Å². The minimum absolute atomic E-state index is 0.463. The van der Waals surface area contributed by atoms with Crippen LogP contribution < -0.4 is 0 Å². The molecule has 0 amide bonds. The summed E-state index contributed by atoms with van der Waals surface area (Å²) in [6.45, 7) is 13.9. The molecule has 0 fully saturated rings. The van der Waals surface area contributed by atoms with Crippen molar-refractivity contribution in [2.45, 2.75) is 79.8 Å². The third-order valence-corrected chi connectivity index (χ3v) is 3.84. The van der Waals surface area contributed by atoms with E-state index in [1.165, 1.54) is 0 Å². The monoisotopic (exact) mass is 418 g/mol. The molecule has 2 unspecified atom stereocenters. The molecule has 0 aliphatic heterocycles. The van der Waals surface area contributed by atoms with E-state index in [1.54, 1.807) is 14.2 Å². The SMILES string of the molecule is CCCC(OCC)=C(OCC)C(OC)OC(OC)C(OCC)=C(CCC)OCC. The maximum atomic E-state index is 6.16. The highest BCUT2D eigenvalue weighted by molar-refractivity contribution is 5.08. The molecule has 172 valence electrons. The molecular weight excluding hydrogens is 376 g/mol. The van der Waals surface area contributed by atoms with Crippen LogP contribution in [0.15, 0.2) is 23.0 Å². The van der Waals surface area contributed by atoms with Crippen LogP contribution in [0.4, 0.5) is 0 Å². The van der Waals surface area contributed by atoms with E-state index >= 15 is 0 Å². The predicted molar refractivity (Wildman–Crippen MR) is 113 cm³/mol. The molecule has 7 nitrogen and oxygen atoms in total. The highest BCUT2D eigenvalue weighted by atomic mass is 16.8. The first-order chi connectivity index (χ1) is 14.1. The molecule has 0 saturated carbocycles. The molecule has 0 aromatic carbocycles. The van der Waals surface area contributed by atoms with Gasteiger partial charge in [-0.15, -0.1) is 0 Å². The second kappa shape index (κ2) is 17.4. The molecule has 0 saturated heterocycles. The van der Waals surface area contributed by atoms with E-state index in [0.717, 1.165) is 37.2 Å². The van der Waals surface area contributed by atoms with E-state index in [1.807, 2.05) is 27.7 Å². The number of methoxy groups -OCH3 is 2. The smallest absolute Gasteiger partial charge is 0.222 e. The zero-order chi connectivity index (χ0) is 22.1. The Morgan fingerprint density at radius 1 is 0.552 bits per heavy atom. The van der Waals surface area contributed by atoms with E-state index in [9.17, 15) is 0 Å². The molecule has 29 heavy (non-hydrogen) atoms. The fourth-order valence-electron chi connectivity index (χ4n) is 2.77. The molecule has 0 rings (SSSR count). The Hall–Kier alpha value is -1.44. The summed E-state index contributed by atoms with van der Waals surface area (Å²) in [5, 5.41) is 0. The zero-order valence-corrected chi connectivity index (χ0v) is 19.7. The lowest BCUT2D eigenvalue weighted by Crippen LogP contribution is -2.32. The highest BCUT2D eigenvalue weighted by Crippen LogP contribution is 2.26. The van der Waals surface area contributed by atoms with Gasteiger partial charge in [-0.1, -0.05) is 13.8 Å². The molecule has 0 aromatic rings. The van der Waals surface area contributed by atoms with Crippen molar-refractivity contribution in [1.82, 2.24) is 0 Å². The lowest BCUT2D eigenvalue weighted by Gasteiger charge is -2.28. The molecule has 0 bridgehead atoms. The largest absolute Gasteiger partial charge is 0.495 e. The Morgan fingerprint density at radius 3 is 1.14 bits per heavy atom. The summed E-state index contributed by atoms with van der Waals surface area (Å²) in [6, 6.07) is 0. The summed E-state index contributed by atoms with van der Waals surface area (Å²) in [6.07, 6.45) is 1.63. The van der Waals surface area contributed by atoms with Crippen molar-refractivity contribution in [2.75, 3.05) is 40.6 Å². The quantitative estimate of drug-likeness (QED) is 0.226. The van der Waals surface area contributed by atoms with E-state index in [-0.39, 0.29) is 0 Å². The summed E-state index contributed by atoms with van der Waals surface area (Å²) < 4.78 is 40.7. The Balaban J connectivity index is 6.00. The maximum Gasteiger partial charge on any atom is 0.222 e. The van der Waals surface area contributed by atoms with Gasteiger partial charge in [0.15, 0.2) is 11.5 Å². The second-order valence-electron chi connectivity index (χ2n) is 6.08. The minimum Gasteiger partial charge on any atom is -0.495 e. The van der Waals surface area contributed by atoms with Crippen LogP contribution in [0.1, 0.15) is 67.2 Å². The van der Waals surface area contributed by atoms with Crippen molar-refractivity contribution in [3.05, 3.63) is 23.0 Å². The third-order valence-electron chi connectivity index (χ3n) is 3.84. The van der Waals surface area contributed by atoms with Crippen LogP contribution in [-0.4, -0.2) is 53.2 Å². The van der Waals surface area contributed by atoms with Crippen molar-refractivity contribution in [1.29, 1.82) is 0 Å². The first-order valence-corrected chi connectivity index (χ1v) is 10.8. The standard InChI is InChI=1S/C22H42O7/c1-9-15-17(25-11-3)19(27-13-5)21(23-7)29-22(24-8)20(28-14-6)18(16-10-2)26-12-4/h21-22H,9-16H2,1-8H3. The van der Waals surface area contributed by atoms with Crippen LogP contribution >= 0.6 is 0 Å². The van der Waals surface area contributed by atoms with Crippen molar-refractivity contribution in [2.24, 2.45) is 0 Å². The van der Waals surface area contributed by atoms with Gasteiger partial charge in [0.25, 0.3) is 0 Å². The first-order valence-electron chi connectivity index (χ1n) is 10.8.